The summed E-state index contributed by atoms with van der Waals surface area (Å²) in [6.45, 7) is 4.24. The van der Waals surface area contributed by atoms with Crippen molar-refractivity contribution in [1.82, 2.24) is 0 Å². The number of aliphatic hydroxyl groups excluding tert-OH is 1. The monoisotopic (exact) mass is 202 g/mol. The van der Waals surface area contributed by atoms with Crippen LogP contribution in [0.3, 0.4) is 0 Å². The molecular formula is C11H26N2O. The number of aliphatic hydroxyl groups is 1. The average molecular weight is 202 g/mol. The summed E-state index contributed by atoms with van der Waals surface area (Å²) in [4.78, 5) is 0. The lowest BCUT2D eigenvalue weighted by Crippen LogP contribution is -2.47. The minimum Gasteiger partial charge on any atom is -0.390 e. The Morgan fingerprint density at radius 2 is 1.29 bits per heavy atom. The van der Waals surface area contributed by atoms with E-state index in [2.05, 4.69) is 13.8 Å². The van der Waals surface area contributed by atoms with Crippen LogP contribution in [0.5, 0.6) is 0 Å². The first-order valence-electron chi connectivity index (χ1n) is 5.82. The van der Waals surface area contributed by atoms with Crippen LogP contribution in [-0.4, -0.2) is 23.3 Å². The number of hydrogen-bond donors (Lipinski definition) is 3. The van der Waals surface area contributed by atoms with Crippen molar-refractivity contribution < 1.29 is 5.11 Å². The van der Waals surface area contributed by atoms with Gasteiger partial charge in [-0.1, -0.05) is 39.5 Å². The van der Waals surface area contributed by atoms with Gasteiger partial charge in [-0.2, -0.15) is 0 Å². The molecule has 0 amide bonds. The molecule has 3 nitrogen and oxygen atoms in total. The molecule has 0 aliphatic heterocycles. The Bertz CT molecular complexity index is 116. The number of nitrogens with two attached hydrogens (primary N) is 2. The van der Waals surface area contributed by atoms with Crippen molar-refractivity contribution in [2.24, 2.45) is 11.5 Å². The maximum absolute atomic E-state index is 9.79. The molecule has 5 N–H and O–H groups in total. The summed E-state index contributed by atoms with van der Waals surface area (Å²) in [7, 11) is 0. The van der Waals surface area contributed by atoms with E-state index < -0.39 is 6.10 Å². The Morgan fingerprint density at radius 3 is 1.57 bits per heavy atom. The second-order valence-corrected chi connectivity index (χ2v) is 4.10. The van der Waals surface area contributed by atoms with E-state index >= 15 is 0 Å². The van der Waals surface area contributed by atoms with Gasteiger partial charge in [0.15, 0.2) is 0 Å². The zero-order valence-corrected chi connectivity index (χ0v) is 9.58. The second kappa shape index (κ2) is 8.21. The van der Waals surface area contributed by atoms with Crippen molar-refractivity contribution >= 4 is 0 Å². The van der Waals surface area contributed by atoms with Crippen LogP contribution in [0.15, 0.2) is 0 Å². The summed E-state index contributed by atoms with van der Waals surface area (Å²) in [5.41, 5.74) is 11.7. The van der Waals surface area contributed by atoms with Crippen molar-refractivity contribution in [3.8, 4) is 0 Å². The third-order valence-electron chi connectivity index (χ3n) is 2.66. The van der Waals surface area contributed by atoms with E-state index in [1.807, 2.05) is 0 Å². The van der Waals surface area contributed by atoms with E-state index in [1.165, 1.54) is 0 Å². The molecule has 2 unspecified atom stereocenters. The minimum atomic E-state index is -0.534. The summed E-state index contributed by atoms with van der Waals surface area (Å²) in [6, 6.07) is -0.302. The first-order chi connectivity index (χ1) is 6.63. The largest absolute Gasteiger partial charge is 0.390 e. The molecule has 0 spiro atoms. The van der Waals surface area contributed by atoms with Gasteiger partial charge in [0.2, 0.25) is 0 Å². The van der Waals surface area contributed by atoms with E-state index in [1.54, 1.807) is 0 Å². The summed E-state index contributed by atoms with van der Waals surface area (Å²) in [5, 5.41) is 9.79. The first-order valence-corrected chi connectivity index (χ1v) is 5.82. The van der Waals surface area contributed by atoms with Gasteiger partial charge in [0.05, 0.1) is 6.10 Å². The van der Waals surface area contributed by atoms with E-state index in [4.69, 9.17) is 11.5 Å². The Morgan fingerprint density at radius 1 is 0.929 bits per heavy atom. The first kappa shape index (κ1) is 13.9. The normalized spacial score (nSPS) is 17.8. The molecule has 0 aromatic carbocycles. The van der Waals surface area contributed by atoms with Crippen molar-refractivity contribution in [2.75, 3.05) is 0 Å². The SMILES string of the molecule is CCCCC(N)C(O)C(N)CCCC. The van der Waals surface area contributed by atoms with E-state index in [0.717, 1.165) is 38.5 Å². The molecule has 0 aromatic rings. The van der Waals surface area contributed by atoms with Crippen molar-refractivity contribution in [2.45, 2.75) is 70.6 Å². The van der Waals surface area contributed by atoms with Crippen LogP contribution in [0.25, 0.3) is 0 Å². The molecule has 0 heterocycles. The average Bonchev–Trinajstić information content (AvgIpc) is 2.21. The van der Waals surface area contributed by atoms with Crippen LogP contribution in [-0.2, 0) is 0 Å². The molecule has 3 heteroatoms. The van der Waals surface area contributed by atoms with Crippen LogP contribution in [0.1, 0.15) is 52.4 Å². The Hall–Kier alpha value is -0.120. The van der Waals surface area contributed by atoms with Gasteiger partial charge < -0.3 is 16.6 Å². The second-order valence-electron chi connectivity index (χ2n) is 4.10. The van der Waals surface area contributed by atoms with Gasteiger partial charge in [-0.3, -0.25) is 0 Å². The van der Waals surface area contributed by atoms with Crippen LogP contribution in [0.4, 0.5) is 0 Å². The molecule has 0 saturated carbocycles. The van der Waals surface area contributed by atoms with Crippen LogP contribution < -0.4 is 11.5 Å². The van der Waals surface area contributed by atoms with Gasteiger partial charge in [0.25, 0.3) is 0 Å². The van der Waals surface area contributed by atoms with Crippen molar-refractivity contribution in [3.63, 3.8) is 0 Å². The maximum Gasteiger partial charge on any atom is 0.0841 e. The third kappa shape index (κ3) is 5.58. The summed E-state index contributed by atoms with van der Waals surface area (Å²) in [5.74, 6) is 0. The lowest BCUT2D eigenvalue weighted by atomic mass is 9.96. The predicted octanol–water partition coefficient (Wildman–Crippen LogP) is 1.38. The van der Waals surface area contributed by atoms with Gasteiger partial charge in [0, 0.05) is 12.1 Å². The van der Waals surface area contributed by atoms with Crippen LogP contribution >= 0.6 is 0 Å². The Labute approximate surface area is 87.9 Å². The molecule has 0 rings (SSSR count). The topological polar surface area (TPSA) is 72.3 Å². The minimum absolute atomic E-state index is 0.151. The van der Waals surface area contributed by atoms with Gasteiger partial charge in [-0.05, 0) is 12.8 Å². The lowest BCUT2D eigenvalue weighted by molar-refractivity contribution is 0.107. The molecule has 0 aliphatic rings. The summed E-state index contributed by atoms with van der Waals surface area (Å²) in [6.07, 6.45) is 5.58. The molecule has 0 fully saturated rings. The fourth-order valence-electron chi connectivity index (χ4n) is 1.54. The van der Waals surface area contributed by atoms with E-state index in [9.17, 15) is 5.11 Å². The molecule has 0 radical (unpaired) electrons. The maximum atomic E-state index is 9.79. The zero-order valence-electron chi connectivity index (χ0n) is 9.58. The zero-order chi connectivity index (χ0) is 11.0. The lowest BCUT2D eigenvalue weighted by Gasteiger charge is -2.24. The molecule has 0 aromatic heterocycles. The highest BCUT2D eigenvalue weighted by molar-refractivity contribution is 4.81. The fraction of sp³-hybridized carbons (Fsp3) is 1.00. The van der Waals surface area contributed by atoms with Crippen LogP contribution in [0, 0.1) is 0 Å². The van der Waals surface area contributed by atoms with Gasteiger partial charge in [-0.25, -0.2) is 0 Å². The standard InChI is InChI=1S/C11H26N2O/c1-3-5-7-9(12)11(14)10(13)8-6-4-2/h9-11,14H,3-8,12-13H2,1-2H3. The highest BCUT2D eigenvalue weighted by Crippen LogP contribution is 2.09. The van der Waals surface area contributed by atoms with Gasteiger partial charge >= 0.3 is 0 Å². The Balaban J connectivity index is 3.72. The van der Waals surface area contributed by atoms with E-state index in [-0.39, 0.29) is 12.1 Å². The van der Waals surface area contributed by atoms with Crippen molar-refractivity contribution in [1.29, 1.82) is 0 Å². The van der Waals surface area contributed by atoms with Crippen LogP contribution in [0.2, 0.25) is 0 Å². The number of unbranched alkanes of at least 4 members (excludes halogenated alkanes) is 2. The van der Waals surface area contributed by atoms with E-state index in [0.29, 0.717) is 0 Å². The molecule has 0 saturated heterocycles. The molecule has 14 heavy (non-hydrogen) atoms. The summed E-state index contributed by atoms with van der Waals surface area (Å²) < 4.78 is 0. The highest BCUT2D eigenvalue weighted by Gasteiger charge is 2.20. The Kier molecular flexibility index (Phi) is 8.14. The predicted molar refractivity (Wildman–Crippen MR) is 61.0 cm³/mol. The smallest absolute Gasteiger partial charge is 0.0841 e. The molecule has 0 aliphatic carbocycles. The van der Waals surface area contributed by atoms with Gasteiger partial charge in [-0.15, -0.1) is 0 Å². The molecule has 0 bridgehead atoms. The molecule has 86 valence electrons. The van der Waals surface area contributed by atoms with Crippen molar-refractivity contribution in [3.05, 3.63) is 0 Å². The highest BCUT2D eigenvalue weighted by atomic mass is 16.3. The fourth-order valence-corrected chi connectivity index (χ4v) is 1.54. The molecular weight excluding hydrogens is 176 g/mol. The molecule has 2 atom stereocenters. The third-order valence-corrected chi connectivity index (χ3v) is 2.66. The number of rotatable bonds is 8. The summed E-state index contributed by atoms with van der Waals surface area (Å²) >= 11 is 0. The quantitative estimate of drug-likeness (QED) is 0.557. The van der Waals surface area contributed by atoms with Gasteiger partial charge in [0.1, 0.15) is 0 Å². The number of hydrogen-bond acceptors (Lipinski definition) is 3.